The number of amides is 1. The Morgan fingerprint density at radius 1 is 0.703 bits per heavy atom. The lowest BCUT2D eigenvalue weighted by Crippen LogP contribution is -2.39. The third-order valence-electron chi connectivity index (χ3n) is 7.76. The van der Waals surface area contributed by atoms with Gasteiger partial charge in [-0.1, -0.05) is 115 Å². The second-order valence-electron chi connectivity index (χ2n) is 10.9. The minimum Gasteiger partial charge on any atom is -0.444 e. The van der Waals surface area contributed by atoms with E-state index in [0.717, 1.165) is 31.5 Å². The van der Waals surface area contributed by atoms with E-state index < -0.39 is 0 Å². The fourth-order valence-corrected chi connectivity index (χ4v) is 5.79. The first-order chi connectivity index (χ1) is 18.1. The molecule has 0 aliphatic heterocycles. The normalized spacial score (nSPS) is 13.1. The summed E-state index contributed by atoms with van der Waals surface area (Å²) in [4.78, 5) is 15.8. The molecule has 0 spiro atoms. The first kappa shape index (κ1) is 29.0. The molecule has 3 nitrogen and oxygen atoms in total. The third kappa shape index (κ3) is 8.48. The summed E-state index contributed by atoms with van der Waals surface area (Å²) < 4.78 is 6.16. The van der Waals surface area contributed by atoms with Gasteiger partial charge in [0.15, 0.2) is 0 Å². The summed E-state index contributed by atoms with van der Waals surface area (Å²) in [6.07, 6.45) is 11.8. The van der Waals surface area contributed by atoms with Crippen LogP contribution in [-0.4, -0.2) is 24.1 Å². The van der Waals surface area contributed by atoms with Gasteiger partial charge in [-0.3, -0.25) is 0 Å². The number of unbranched alkanes of at least 4 members (excludes halogenated alkanes) is 2. The van der Waals surface area contributed by atoms with Gasteiger partial charge in [-0.05, 0) is 65.1 Å². The van der Waals surface area contributed by atoms with Crippen LogP contribution in [0.4, 0.5) is 4.79 Å². The molecule has 0 fully saturated rings. The quantitative estimate of drug-likeness (QED) is 0.182. The van der Waals surface area contributed by atoms with Crippen LogP contribution in [0.2, 0.25) is 0 Å². The Balaban J connectivity index is 1.84. The Bertz CT molecular complexity index is 1020. The SMILES string of the molecule is CCCCC(CCC)CN(CC(CCC)CCCC)C(=O)OCc1c2ccccc2cc2ccccc12. The highest BCUT2D eigenvalue weighted by atomic mass is 16.6. The van der Waals surface area contributed by atoms with Crippen LogP contribution in [-0.2, 0) is 11.3 Å². The summed E-state index contributed by atoms with van der Waals surface area (Å²) >= 11 is 0. The molecule has 0 aliphatic rings. The number of nitrogens with zero attached hydrogens (tertiary/aromatic N) is 1. The fourth-order valence-electron chi connectivity index (χ4n) is 5.79. The van der Waals surface area contributed by atoms with Crippen LogP contribution in [0.3, 0.4) is 0 Å². The number of hydrogen-bond acceptors (Lipinski definition) is 2. The van der Waals surface area contributed by atoms with E-state index in [-0.39, 0.29) is 6.09 Å². The van der Waals surface area contributed by atoms with E-state index in [2.05, 4.69) is 87.2 Å². The maximum atomic E-state index is 13.7. The molecule has 37 heavy (non-hydrogen) atoms. The molecule has 1 amide bonds. The lowest BCUT2D eigenvalue weighted by molar-refractivity contribution is 0.0809. The highest BCUT2D eigenvalue weighted by Gasteiger charge is 2.24. The molecule has 0 radical (unpaired) electrons. The van der Waals surface area contributed by atoms with Crippen LogP contribution < -0.4 is 0 Å². The Kier molecular flexibility index (Phi) is 12.3. The molecule has 3 rings (SSSR count). The Labute approximate surface area is 225 Å². The van der Waals surface area contributed by atoms with Crippen LogP contribution in [0.25, 0.3) is 21.5 Å². The van der Waals surface area contributed by atoms with Crippen molar-refractivity contribution < 1.29 is 9.53 Å². The molecule has 3 aromatic rings. The number of carbonyl (C=O) groups is 1. The first-order valence-corrected chi connectivity index (χ1v) is 14.9. The highest BCUT2D eigenvalue weighted by Crippen LogP contribution is 2.29. The molecule has 0 N–H and O–H groups in total. The average Bonchev–Trinajstić information content (AvgIpc) is 2.92. The van der Waals surface area contributed by atoms with Gasteiger partial charge in [-0.2, -0.15) is 0 Å². The van der Waals surface area contributed by atoms with E-state index >= 15 is 0 Å². The zero-order valence-corrected chi connectivity index (χ0v) is 23.8. The lowest BCUT2D eigenvalue weighted by atomic mass is 9.94. The van der Waals surface area contributed by atoms with Crippen LogP contribution in [0.1, 0.15) is 97.5 Å². The molecule has 3 heteroatoms. The van der Waals surface area contributed by atoms with Gasteiger partial charge in [-0.15, -0.1) is 0 Å². The Morgan fingerprint density at radius 2 is 1.19 bits per heavy atom. The van der Waals surface area contributed by atoms with Crippen molar-refractivity contribution in [3.05, 3.63) is 60.2 Å². The van der Waals surface area contributed by atoms with Gasteiger partial charge in [0.25, 0.3) is 0 Å². The van der Waals surface area contributed by atoms with Gasteiger partial charge >= 0.3 is 6.09 Å². The Morgan fingerprint density at radius 3 is 1.65 bits per heavy atom. The lowest BCUT2D eigenvalue weighted by Gasteiger charge is -2.31. The van der Waals surface area contributed by atoms with Crippen molar-refractivity contribution >= 4 is 27.6 Å². The predicted molar refractivity (Wildman–Crippen MR) is 159 cm³/mol. The van der Waals surface area contributed by atoms with E-state index in [1.54, 1.807) is 0 Å². The number of fused-ring (bicyclic) bond motifs is 2. The standard InChI is InChI=1S/C34H49NO2/c1-5-9-17-27(15-7-3)24-35(25-28(16-8-4)18-10-6-2)34(36)37-26-33-31-21-13-11-19-29(31)23-30-20-12-14-22-32(30)33/h11-14,19-23,27-28H,5-10,15-18,24-26H2,1-4H3. The van der Waals surface area contributed by atoms with E-state index in [1.165, 1.54) is 72.9 Å². The second kappa shape index (κ2) is 15.6. The summed E-state index contributed by atoms with van der Waals surface area (Å²) in [6, 6.07) is 19.1. The van der Waals surface area contributed by atoms with Crippen LogP contribution in [0.5, 0.6) is 0 Å². The zero-order valence-electron chi connectivity index (χ0n) is 23.8. The first-order valence-electron chi connectivity index (χ1n) is 14.9. The molecule has 0 saturated carbocycles. The average molecular weight is 504 g/mol. The molecule has 2 unspecified atom stereocenters. The molecular formula is C34H49NO2. The summed E-state index contributed by atoms with van der Waals surface area (Å²) in [5.41, 5.74) is 1.11. The minimum absolute atomic E-state index is 0.146. The molecule has 3 aromatic carbocycles. The van der Waals surface area contributed by atoms with Crippen molar-refractivity contribution in [1.82, 2.24) is 4.90 Å². The number of ether oxygens (including phenoxy) is 1. The maximum absolute atomic E-state index is 13.7. The molecule has 0 aromatic heterocycles. The molecule has 0 saturated heterocycles. The van der Waals surface area contributed by atoms with Crippen molar-refractivity contribution in [2.24, 2.45) is 11.8 Å². The molecule has 2 atom stereocenters. The highest BCUT2D eigenvalue weighted by molar-refractivity contribution is 6.02. The van der Waals surface area contributed by atoms with E-state index in [4.69, 9.17) is 4.74 Å². The summed E-state index contributed by atoms with van der Waals surface area (Å²) in [5, 5.41) is 4.71. The molecule has 0 aliphatic carbocycles. The number of hydrogen-bond donors (Lipinski definition) is 0. The molecule has 202 valence electrons. The van der Waals surface area contributed by atoms with Crippen molar-refractivity contribution in [3.8, 4) is 0 Å². The fraction of sp³-hybridized carbons (Fsp3) is 0.559. The molecule has 0 heterocycles. The summed E-state index contributed by atoms with van der Waals surface area (Å²) in [6.45, 7) is 11.0. The maximum Gasteiger partial charge on any atom is 0.410 e. The monoisotopic (exact) mass is 503 g/mol. The largest absolute Gasteiger partial charge is 0.444 e. The molecular weight excluding hydrogens is 454 g/mol. The zero-order chi connectivity index (χ0) is 26.5. The van der Waals surface area contributed by atoms with Gasteiger partial charge in [0.1, 0.15) is 6.61 Å². The topological polar surface area (TPSA) is 29.5 Å². The van der Waals surface area contributed by atoms with Crippen molar-refractivity contribution in [2.75, 3.05) is 13.1 Å². The van der Waals surface area contributed by atoms with Gasteiger partial charge in [-0.25, -0.2) is 4.79 Å². The number of carbonyl (C=O) groups excluding carboxylic acids is 1. The van der Waals surface area contributed by atoms with Crippen molar-refractivity contribution in [2.45, 2.75) is 98.5 Å². The number of benzene rings is 3. The summed E-state index contributed by atoms with van der Waals surface area (Å²) in [5.74, 6) is 1.09. The Hall–Kier alpha value is -2.55. The smallest absolute Gasteiger partial charge is 0.410 e. The van der Waals surface area contributed by atoms with E-state index in [9.17, 15) is 4.79 Å². The third-order valence-corrected chi connectivity index (χ3v) is 7.76. The van der Waals surface area contributed by atoms with Gasteiger partial charge in [0.2, 0.25) is 0 Å². The van der Waals surface area contributed by atoms with Crippen molar-refractivity contribution in [1.29, 1.82) is 0 Å². The predicted octanol–water partition coefficient (Wildman–Crippen LogP) is 10.1. The van der Waals surface area contributed by atoms with Crippen LogP contribution in [0, 0.1) is 11.8 Å². The van der Waals surface area contributed by atoms with Gasteiger partial charge in [0, 0.05) is 18.7 Å². The van der Waals surface area contributed by atoms with Crippen molar-refractivity contribution in [3.63, 3.8) is 0 Å². The van der Waals surface area contributed by atoms with Gasteiger partial charge < -0.3 is 9.64 Å². The molecule has 0 bridgehead atoms. The number of rotatable bonds is 16. The summed E-state index contributed by atoms with van der Waals surface area (Å²) in [7, 11) is 0. The second-order valence-corrected chi connectivity index (χ2v) is 10.9. The van der Waals surface area contributed by atoms with Crippen LogP contribution >= 0.6 is 0 Å². The van der Waals surface area contributed by atoms with Gasteiger partial charge in [0.05, 0.1) is 0 Å². The van der Waals surface area contributed by atoms with Crippen LogP contribution in [0.15, 0.2) is 54.6 Å². The van der Waals surface area contributed by atoms with E-state index in [1.807, 2.05) is 0 Å². The minimum atomic E-state index is -0.146. The van der Waals surface area contributed by atoms with E-state index in [0.29, 0.717) is 18.4 Å².